The van der Waals surface area contributed by atoms with Gasteiger partial charge in [-0.3, -0.25) is 9.36 Å². The Kier molecular flexibility index (Phi) is 4.73. The van der Waals surface area contributed by atoms with Crippen LogP contribution >= 0.6 is 15.9 Å². The SMILES string of the molecule is Cc1ccc(-n2c(C=Cc3ccccc3Br)nc3ccccc3c2=O)cc1. The van der Waals surface area contributed by atoms with Crippen molar-refractivity contribution in [2.45, 2.75) is 6.92 Å². The first-order chi connectivity index (χ1) is 13.1. The number of hydrogen-bond donors (Lipinski definition) is 0. The van der Waals surface area contributed by atoms with E-state index in [1.165, 1.54) is 0 Å². The molecule has 0 bridgehead atoms. The van der Waals surface area contributed by atoms with Crippen molar-refractivity contribution in [3.8, 4) is 5.69 Å². The minimum atomic E-state index is -0.0729. The highest BCUT2D eigenvalue weighted by Crippen LogP contribution is 2.20. The molecule has 27 heavy (non-hydrogen) atoms. The van der Waals surface area contributed by atoms with Crippen molar-refractivity contribution in [1.29, 1.82) is 0 Å². The van der Waals surface area contributed by atoms with E-state index in [0.29, 0.717) is 16.7 Å². The summed E-state index contributed by atoms with van der Waals surface area (Å²) in [6.07, 6.45) is 3.85. The Morgan fingerprint density at radius 1 is 0.889 bits per heavy atom. The van der Waals surface area contributed by atoms with E-state index in [4.69, 9.17) is 4.98 Å². The highest BCUT2D eigenvalue weighted by Gasteiger charge is 2.11. The number of halogens is 1. The number of aromatic nitrogens is 2. The third-order valence-electron chi connectivity index (χ3n) is 4.41. The molecule has 0 unspecified atom stereocenters. The monoisotopic (exact) mass is 416 g/mol. The summed E-state index contributed by atoms with van der Waals surface area (Å²) in [4.78, 5) is 17.9. The van der Waals surface area contributed by atoms with Gasteiger partial charge in [0.2, 0.25) is 0 Å². The molecule has 4 rings (SSSR count). The Balaban J connectivity index is 1.95. The molecule has 0 saturated heterocycles. The highest BCUT2D eigenvalue weighted by molar-refractivity contribution is 9.10. The van der Waals surface area contributed by atoms with E-state index in [2.05, 4.69) is 15.9 Å². The van der Waals surface area contributed by atoms with E-state index in [0.717, 1.165) is 21.3 Å². The van der Waals surface area contributed by atoms with Gasteiger partial charge in [0, 0.05) is 4.47 Å². The second kappa shape index (κ2) is 7.33. The van der Waals surface area contributed by atoms with Crippen molar-refractivity contribution in [1.82, 2.24) is 9.55 Å². The van der Waals surface area contributed by atoms with Crippen LogP contribution < -0.4 is 5.56 Å². The number of rotatable bonds is 3. The van der Waals surface area contributed by atoms with Gasteiger partial charge in [-0.05, 0) is 48.9 Å². The predicted molar refractivity (Wildman–Crippen MR) is 115 cm³/mol. The minimum absolute atomic E-state index is 0.0729. The molecule has 132 valence electrons. The summed E-state index contributed by atoms with van der Waals surface area (Å²) in [6, 6.07) is 23.3. The molecule has 0 aliphatic rings. The third-order valence-corrected chi connectivity index (χ3v) is 5.13. The maximum Gasteiger partial charge on any atom is 0.266 e. The molecule has 3 aromatic carbocycles. The third kappa shape index (κ3) is 3.49. The lowest BCUT2D eigenvalue weighted by Crippen LogP contribution is -2.22. The molecule has 1 heterocycles. The molecule has 0 saturated carbocycles. The Morgan fingerprint density at radius 3 is 2.37 bits per heavy atom. The summed E-state index contributed by atoms with van der Waals surface area (Å²) in [5.41, 5.74) is 3.59. The Morgan fingerprint density at radius 2 is 1.59 bits per heavy atom. The number of para-hydroxylation sites is 1. The van der Waals surface area contributed by atoms with E-state index in [9.17, 15) is 4.79 Å². The first kappa shape index (κ1) is 17.4. The molecular weight excluding hydrogens is 400 g/mol. The molecule has 3 nitrogen and oxygen atoms in total. The van der Waals surface area contributed by atoms with Crippen molar-refractivity contribution in [2.24, 2.45) is 0 Å². The summed E-state index contributed by atoms with van der Waals surface area (Å²) < 4.78 is 2.65. The average Bonchev–Trinajstić information content (AvgIpc) is 2.69. The molecule has 0 spiro atoms. The van der Waals surface area contributed by atoms with Crippen LogP contribution in [0.5, 0.6) is 0 Å². The summed E-state index contributed by atoms with van der Waals surface area (Å²) >= 11 is 3.56. The molecule has 4 aromatic rings. The first-order valence-corrected chi connectivity index (χ1v) is 9.44. The van der Waals surface area contributed by atoms with Crippen LogP contribution in [0.1, 0.15) is 17.0 Å². The smallest absolute Gasteiger partial charge is 0.266 e. The van der Waals surface area contributed by atoms with Crippen LogP contribution in [0, 0.1) is 6.92 Å². The maximum atomic E-state index is 13.2. The zero-order valence-corrected chi connectivity index (χ0v) is 16.3. The summed E-state index contributed by atoms with van der Waals surface area (Å²) in [6.45, 7) is 2.03. The first-order valence-electron chi connectivity index (χ1n) is 8.65. The van der Waals surface area contributed by atoms with Crippen molar-refractivity contribution >= 4 is 39.0 Å². The van der Waals surface area contributed by atoms with Crippen LogP contribution in [-0.2, 0) is 0 Å². The lowest BCUT2D eigenvalue weighted by atomic mass is 10.2. The standard InChI is InChI=1S/C23H17BrN2O/c1-16-10-13-18(14-11-16)26-22(15-12-17-6-2-4-8-20(17)24)25-21-9-5-3-7-19(21)23(26)27/h2-15H,1H3. The van der Waals surface area contributed by atoms with Gasteiger partial charge < -0.3 is 0 Å². The van der Waals surface area contributed by atoms with Crippen molar-refractivity contribution in [3.63, 3.8) is 0 Å². The van der Waals surface area contributed by atoms with Gasteiger partial charge in [-0.25, -0.2) is 4.98 Å². The number of aryl methyl sites for hydroxylation is 1. The van der Waals surface area contributed by atoms with Gasteiger partial charge >= 0.3 is 0 Å². The van der Waals surface area contributed by atoms with Gasteiger partial charge in [0.05, 0.1) is 16.6 Å². The fraction of sp³-hybridized carbons (Fsp3) is 0.0435. The Labute approximate surface area is 165 Å². The summed E-state index contributed by atoms with van der Waals surface area (Å²) in [7, 11) is 0. The minimum Gasteiger partial charge on any atom is -0.268 e. The lowest BCUT2D eigenvalue weighted by Gasteiger charge is -2.12. The molecule has 0 amide bonds. The number of nitrogens with zero attached hydrogens (tertiary/aromatic N) is 2. The summed E-state index contributed by atoms with van der Waals surface area (Å²) in [5.74, 6) is 0.596. The average molecular weight is 417 g/mol. The van der Waals surface area contributed by atoms with E-state index in [1.807, 2.05) is 91.9 Å². The van der Waals surface area contributed by atoms with Gasteiger partial charge in [-0.2, -0.15) is 0 Å². The van der Waals surface area contributed by atoms with Crippen LogP contribution in [0.25, 0.3) is 28.7 Å². The van der Waals surface area contributed by atoms with Crippen LogP contribution in [0.2, 0.25) is 0 Å². The van der Waals surface area contributed by atoms with Gasteiger partial charge in [-0.1, -0.05) is 70.0 Å². The van der Waals surface area contributed by atoms with Gasteiger partial charge in [-0.15, -0.1) is 0 Å². The van der Waals surface area contributed by atoms with E-state index in [1.54, 1.807) is 4.57 Å². The Hall–Kier alpha value is -2.98. The number of benzene rings is 3. The zero-order chi connectivity index (χ0) is 18.8. The highest BCUT2D eigenvalue weighted by atomic mass is 79.9. The fourth-order valence-electron chi connectivity index (χ4n) is 2.98. The molecule has 0 aliphatic carbocycles. The fourth-order valence-corrected chi connectivity index (χ4v) is 3.40. The summed E-state index contributed by atoms with van der Waals surface area (Å²) in [5, 5.41) is 0.608. The molecule has 4 heteroatoms. The Bertz CT molecular complexity index is 1210. The number of fused-ring (bicyclic) bond motifs is 1. The zero-order valence-electron chi connectivity index (χ0n) is 14.8. The van der Waals surface area contributed by atoms with Gasteiger partial charge in [0.15, 0.2) is 0 Å². The predicted octanol–water partition coefficient (Wildman–Crippen LogP) is 5.63. The van der Waals surface area contributed by atoms with E-state index in [-0.39, 0.29) is 5.56 Å². The molecule has 0 fully saturated rings. The lowest BCUT2D eigenvalue weighted by molar-refractivity contribution is 0.943. The molecular formula is C23H17BrN2O. The van der Waals surface area contributed by atoms with E-state index < -0.39 is 0 Å². The second-order valence-corrected chi connectivity index (χ2v) is 7.17. The molecule has 1 aromatic heterocycles. The maximum absolute atomic E-state index is 13.2. The number of hydrogen-bond acceptors (Lipinski definition) is 2. The van der Waals surface area contributed by atoms with Crippen molar-refractivity contribution in [3.05, 3.63) is 105 Å². The second-order valence-electron chi connectivity index (χ2n) is 6.32. The molecule has 0 N–H and O–H groups in total. The quantitative estimate of drug-likeness (QED) is 0.433. The van der Waals surface area contributed by atoms with Crippen molar-refractivity contribution < 1.29 is 0 Å². The van der Waals surface area contributed by atoms with Crippen LogP contribution in [-0.4, -0.2) is 9.55 Å². The molecule has 0 aliphatic heterocycles. The van der Waals surface area contributed by atoms with Crippen LogP contribution in [0.15, 0.2) is 82.1 Å². The van der Waals surface area contributed by atoms with Gasteiger partial charge in [0.25, 0.3) is 5.56 Å². The topological polar surface area (TPSA) is 34.9 Å². The largest absolute Gasteiger partial charge is 0.268 e. The normalized spacial score (nSPS) is 11.3. The van der Waals surface area contributed by atoms with Crippen molar-refractivity contribution in [2.75, 3.05) is 0 Å². The molecule has 0 radical (unpaired) electrons. The van der Waals surface area contributed by atoms with E-state index >= 15 is 0 Å². The van der Waals surface area contributed by atoms with Crippen LogP contribution in [0.3, 0.4) is 0 Å². The molecule has 0 atom stereocenters. The van der Waals surface area contributed by atoms with Gasteiger partial charge in [0.1, 0.15) is 5.82 Å². The van der Waals surface area contributed by atoms with Crippen LogP contribution in [0.4, 0.5) is 0 Å².